The van der Waals surface area contributed by atoms with Gasteiger partial charge in [0.25, 0.3) is 0 Å². The van der Waals surface area contributed by atoms with Gasteiger partial charge in [-0.1, -0.05) is 25.3 Å². The van der Waals surface area contributed by atoms with Gasteiger partial charge in [-0.2, -0.15) is 0 Å². The largest absolute Gasteiger partial charge is 0.478 e. The summed E-state index contributed by atoms with van der Waals surface area (Å²) in [5.74, 6) is -0.147. The molecule has 0 amide bonds. The Kier molecular flexibility index (Phi) is 4.24. The summed E-state index contributed by atoms with van der Waals surface area (Å²) in [6, 6.07) is 4.48. The molecule has 1 heterocycles. The first-order valence-electron chi connectivity index (χ1n) is 7.87. The number of aromatic carboxylic acids is 1. The first kappa shape index (κ1) is 14.5. The Morgan fingerprint density at radius 1 is 1.24 bits per heavy atom. The topological polar surface area (TPSA) is 40.5 Å². The highest BCUT2D eigenvalue weighted by Crippen LogP contribution is 2.36. The highest BCUT2D eigenvalue weighted by Gasteiger charge is 2.30. The van der Waals surface area contributed by atoms with Crippen LogP contribution in [0.3, 0.4) is 0 Å². The number of nitrogens with zero attached hydrogens (tertiary/aromatic N) is 1. The van der Waals surface area contributed by atoms with Crippen molar-refractivity contribution in [3.05, 3.63) is 35.1 Å². The summed E-state index contributed by atoms with van der Waals surface area (Å²) in [5, 5.41) is 8.86. The molecule has 0 bridgehead atoms. The Bertz CT molecular complexity index is 532. The van der Waals surface area contributed by atoms with E-state index in [2.05, 4.69) is 4.90 Å². The number of benzene rings is 1. The Morgan fingerprint density at radius 3 is 2.71 bits per heavy atom. The number of rotatable bonds is 3. The van der Waals surface area contributed by atoms with Crippen molar-refractivity contribution < 1.29 is 14.3 Å². The number of hydrogen-bond acceptors (Lipinski definition) is 2. The third kappa shape index (κ3) is 3.26. The van der Waals surface area contributed by atoms with E-state index in [4.69, 9.17) is 5.11 Å². The number of fused-ring (bicyclic) bond motifs is 1. The number of likely N-dealkylation sites (tertiary alicyclic amines) is 1. The molecule has 2 atom stereocenters. The maximum atomic E-state index is 13.7. The highest BCUT2D eigenvalue weighted by atomic mass is 19.1. The fourth-order valence-corrected chi connectivity index (χ4v) is 3.91. The van der Waals surface area contributed by atoms with Crippen LogP contribution in [-0.2, 0) is 6.54 Å². The third-order valence-corrected chi connectivity index (χ3v) is 5.05. The molecule has 3 rings (SSSR count). The van der Waals surface area contributed by atoms with Crippen LogP contribution in [-0.4, -0.2) is 29.1 Å². The Labute approximate surface area is 124 Å². The molecule has 4 heteroatoms. The predicted octanol–water partition coefficient (Wildman–Crippen LogP) is 3.54. The van der Waals surface area contributed by atoms with E-state index < -0.39 is 11.8 Å². The van der Waals surface area contributed by atoms with Crippen LogP contribution in [0.15, 0.2) is 18.2 Å². The molecule has 1 aliphatic heterocycles. The average molecular weight is 291 g/mol. The van der Waals surface area contributed by atoms with Crippen LogP contribution < -0.4 is 0 Å². The molecule has 21 heavy (non-hydrogen) atoms. The molecular weight excluding hydrogens is 269 g/mol. The molecule has 1 aromatic rings. The van der Waals surface area contributed by atoms with Gasteiger partial charge in [0.1, 0.15) is 5.82 Å². The zero-order valence-electron chi connectivity index (χ0n) is 12.2. The average Bonchev–Trinajstić information content (AvgIpc) is 2.47. The van der Waals surface area contributed by atoms with Crippen LogP contribution in [0.1, 0.15) is 48.0 Å². The van der Waals surface area contributed by atoms with E-state index in [-0.39, 0.29) is 5.56 Å². The molecule has 1 aliphatic carbocycles. The number of carboxylic acids is 1. The molecule has 3 nitrogen and oxygen atoms in total. The first-order chi connectivity index (χ1) is 10.1. The molecular formula is C17H22FNO2. The first-order valence-corrected chi connectivity index (χ1v) is 7.87. The van der Waals surface area contributed by atoms with E-state index in [1.165, 1.54) is 44.2 Å². The molecule has 1 N–H and O–H groups in total. The lowest BCUT2D eigenvalue weighted by Gasteiger charge is -2.41. The molecule has 0 spiro atoms. The Hall–Kier alpha value is -1.42. The molecule has 2 unspecified atom stereocenters. The molecule has 2 fully saturated rings. The Balaban J connectivity index is 1.64. The minimum atomic E-state index is -1.21. The summed E-state index contributed by atoms with van der Waals surface area (Å²) in [7, 11) is 0. The number of halogens is 1. The molecule has 1 aromatic carbocycles. The van der Waals surface area contributed by atoms with Gasteiger partial charge in [0.2, 0.25) is 0 Å². The quantitative estimate of drug-likeness (QED) is 0.926. The SMILES string of the molecule is O=C(O)c1ccc(CN2CCC3CCCCC3C2)cc1F. The summed E-state index contributed by atoms with van der Waals surface area (Å²) in [4.78, 5) is 13.2. The fraction of sp³-hybridized carbons (Fsp3) is 0.588. The van der Waals surface area contributed by atoms with Crippen molar-refractivity contribution in [1.29, 1.82) is 0 Å². The van der Waals surface area contributed by atoms with Crippen molar-refractivity contribution in [2.45, 2.75) is 38.6 Å². The van der Waals surface area contributed by atoms with Gasteiger partial charge < -0.3 is 5.11 Å². The standard InChI is InChI=1S/C17H22FNO2/c18-16-9-12(5-6-15(16)17(20)21)10-19-8-7-13-3-1-2-4-14(13)11-19/h5-6,9,13-14H,1-4,7-8,10-11H2,(H,20,21). The smallest absolute Gasteiger partial charge is 0.338 e. The van der Waals surface area contributed by atoms with Gasteiger partial charge in [0.15, 0.2) is 0 Å². The van der Waals surface area contributed by atoms with Crippen molar-refractivity contribution in [3.8, 4) is 0 Å². The van der Waals surface area contributed by atoms with Gasteiger partial charge in [0.05, 0.1) is 5.56 Å². The number of hydrogen-bond donors (Lipinski definition) is 1. The Morgan fingerprint density at radius 2 is 2.00 bits per heavy atom. The highest BCUT2D eigenvalue weighted by molar-refractivity contribution is 5.87. The van der Waals surface area contributed by atoms with Crippen LogP contribution in [0.25, 0.3) is 0 Å². The number of piperidine rings is 1. The van der Waals surface area contributed by atoms with Crippen LogP contribution in [0, 0.1) is 17.7 Å². The molecule has 1 saturated carbocycles. The zero-order valence-corrected chi connectivity index (χ0v) is 12.2. The summed E-state index contributed by atoms with van der Waals surface area (Å²) >= 11 is 0. The molecule has 2 aliphatic rings. The van der Waals surface area contributed by atoms with Gasteiger partial charge in [0, 0.05) is 13.1 Å². The fourth-order valence-electron chi connectivity index (χ4n) is 3.91. The summed E-state index contributed by atoms with van der Waals surface area (Å²) in [6.45, 7) is 2.90. The minimum Gasteiger partial charge on any atom is -0.478 e. The molecule has 1 saturated heterocycles. The van der Waals surface area contributed by atoms with Crippen molar-refractivity contribution in [2.24, 2.45) is 11.8 Å². The van der Waals surface area contributed by atoms with Crippen molar-refractivity contribution >= 4 is 5.97 Å². The van der Waals surface area contributed by atoms with Crippen LogP contribution >= 0.6 is 0 Å². The van der Waals surface area contributed by atoms with Crippen molar-refractivity contribution in [3.63, 3.8) is 0 Å². The monoisotopic (exact) mass is 291 g/mol. The van der Waals surface area contributed by atoms with E-state index in [9.17, 15) is 9.18 Å². The number of carbonyl (C=O) groups is 1. The lowest BCUT2D eigenvalue weighted by Crippen LogP contribution is -2.41. The second kappa shape index (κ2) is 6.14. The lowest BCUT2D eigenvalue weighted by atomic mass is 9.75. The summed E-state index contributed by atoms with van der Waals surface area (Å²) < 4.78 is 13.7. The molecule has 0 aromatic heterocycles. The minimum absolute atomic E-state index is 0.246. The van der Waals surface area contributed by atoms with Crippen molar-refractivity contribution in [1.82, 2.24) is 4.90 Å². The van der Waals surface area contributed by atoms with E-state index in [1.54, 1.807) is 6.07 Å². The van der Waals surface area contributed by atoms with E-state index >= 15 is 0 Å². The van der Waals surface area contributed by atoms with Crippen molar-refractivity contribution in [2.75, 3.05) is 13.1 Å². The molecule has 0 radical (unpaired) electrons. The van der Waals surface area contributed by atoms with Crippen LogP contribution in [0.4, 0.5) is 4.39 Å². The predicted molar refractivity (Wildman–Crippen MR) is 78.7 cm³/mol. The maximum Gasteiger partial charge on any atom is 0.338 e. The normalized spacial score (nSPS) is 26.3. The summed E-state index contributed by atoms with van der Waals surface area (Å²) in [6.07, 6.45) is 6.67. The van der Waals surface area contributed by atoms with Crippen LogP contribution in [0.2, 0.25) is 0 Å². The maximum absolute atomic E-state index is 13.7. The summed E-state index contributed by atoms with van der Waals surface area (Å²) in [5.41, 5.74) is 0.622. The van der Waals surface area contributed by atoms with Gasteiger partial charge in [-0.05, 0) is 48.9 Å². The van der Waals surface area contributed by atoms with Gasteiger partial charge >= 0.3 is 5.97 Å². The zero-order chi connectivity index (χ0) is 14.8. The number of carboxylic acid groups (broad SMARTS) is 1. The van der Waals surface area contributed by atoms with E-state index in [0.717, 1.165) is 37.0 Å². The second-order valence-electron chi connectivity index (χ2n) is 6.45. The van der Waals surface area contributed by atoms with E-state index in [1.807, 2.05) is 0 Å². The van der Waals surface area contributed by atoms with Gasteiger partial charge in [-0.3, -0.25) is 4.90 Å². The van der Waals surface area contributed by atoms with Gasteiger partial charge in [-0.25, -0.2) is 9.18 Å². The molecule has 114 valence electrons. The van der Waals surface area contributed by atoms with Gasteiger partial charge in [-0.15, -0.1) is 0 Å². The lowest BCUT2D eigenvalue weighted by molar-refractivity contribution is 0.0691. The second-order valence-corrected chi connectivity index (χ2v) is 6.45. The van der Waals surface area contributed by atoms with Crippen LogP contribution in [0.5, 0.6) is 0 Å². The third-order valence-electron chi connectivity index (χ3n) is 5.05. The van der Waals surface area contributed by atoms with E-state index in [0.29, 0.717) is 0 Å².